The summed E-state index contributed by atoms with van der Waals surface area (Å²) in [5, 5.41) is 0. The van der Waals surface area contributed by atoms with Crippen LogP contribution in [0.1, 0.15) is 304 Å². The highest BCUT2D eigenvalue weighted by atomic mass is 16.6. The highest BCUT2D eigenvalue weighted by Gasteiger charge is 2.19. The van der Waals surface area contributed by atoms with Gasteiger partial charge in [0, 0.05) is 19.3 Å². The van der Waals surface area contributed by atoms with E-state index in [9.17, 15) is 14.4 Å². The zero-order chi connectivity index (χ0) is 43.8. The van der Waals surface area contributed by atoms with Crippen molar-refractivity contribution >= 4 is 17.9 Å². The Balaban J connectivity index is 4.30. The minimum absolute atomic E-state index is 0.0626. The van der Waals surface area contributed by atoms with Crippen LogP contribution in [-0.2, 0) is 28.6 Å². The monoisotopic (exact) mass is 849 g/mol. The van der Waals surface area contributed by atoms with Gasteiger partial charge in [0.25, 0.3) is 0 Å². The van der Waals surface area contributed by atoms with Crippen LogP contribution in [0.15, 0.2) is 0 Å². The van der Waals surface area contributed by atoms with E-state index in [4.69, 9.17) is 14.2 Å². The van der Waals surface area contributed by atoms with E-state index in [0.29, 0.717) is 19.3 Å². The number of rotatable bonds is 49. The van der Waals surface area contributed by atoms with E-state index >= 15 is 0 Å². The maximum Gasteiger partial charge on any atom is 0.306 e. The SMILES string of the molecule is CCCCCCCCCCCCCCCCCC(=O)OC[C@H](COC(=O)CCCCCCCCCCCCCCCC)OC(=O)CCCCCCCCCCCCC(C)C. The van der Waals surface area contributed by atoms with Crippen molar-refractivity contribution < 1.29 is 28.6 Å². The minimum Gasteiger partial charge on any atom is -0.462 e. The van der Waals surface area contributed by atoms with Crippen LogP contribution in [-0.4, -0.2) is 37.2 Å². The van der Waals surface area contributed by atoms with Gasteiger partial charge in [0.05, 0.1) is 0 Å². The third-order valence-corrected chi connectivity index (χ3v) is 12.3. The van der Waals surface area contributed by atoms with Crippen LogP contribution in [0.2, 0.25) is 0 Å². The number of carbonyl (C=O) groups is 3. The molecule has 6 nitrogen and oxygen atoms in total. The molecule has 60 heavy (non-hydrogen) atoms. The average molecular weight is 849 g/mol. The Morgan fingerprint density at radius 1 is 0.317 bits per heavy atom. The molecule has 0 radical (unpaired) electrons. The fourth-order valence-corrected chi connectivity index (χ4v) is 8.22. The zero-order valence-electron chi connectivity index (χ0n) is 40.9. The summed E-state index contributed by atoms with van der Waals surface area (Å²) < 4.78 is 16.8. The molecule has 0 aromatic carbocycles. The highest BCUT2D eigenvalue weighted by molar-refractivity contribution is 5.71. The van der Waals surface area contributed by atoms with Crippen molar-refractivity contribution in [3.63, 3.8) is 0 Å². The molecule has 0 rings (SSSR count). The van der Waals surface area contributed by atoms with Gasteiger partial charge in [-0.25, -0.2) is 0 Å². The molecule has 0 spiro atoms. The van der Waals surface area contributed by atoms with Crippen LogP contribution in [0, 0.1) is 5.92 Å². The number of hydrogen-bond donors (Lipinski definition) is 0. The Morgan fingerprint density at radius 2 is 0.550 bits per heavy atom. The molecular weight excluding hydrogens is 745 g/mol. The van der Waals surface area contributed by atoms with Crippen LogP contribution in [0.5, 0.6) is 0 Å². The van der Waals surface area contributed by atoms with E-state index in [0.717, 1.165) is 63.7 Å². The van der Waals surface area contributed by atoms with E-state index in [1.807, 2.05) is 0 Å². The normalized spacial score (nSPS) is 11.9. The van der Waals surface area contributed by atoms with Gasteiger partial charge in [0.1, 0.15) is 13.2 Å². The Labute approximate surface area is 374 Å². The molecule has 0 aromatic rings. The van der Waals surface area contributed by atoms with E-state index < -0.39 is 6.10 Å². The summed E-state index contributed by atoms with van der Waals surface area (Å²) in [5.41, 5.74) is 0. The van der Waals surface area contributed by atoms with Gasteiger partial charge in [0.2, 0.25) is 0 Å². The lowest BCUT2D eigenvalue weighted by Crippen LogP contribution is -2.30. The smallest absolute Gasteiger partial charge is 0.306 e. The second kappa shape index (κ2) is 48.4. The summed E-state index contributed by atoms with van der Waals surface area (Å²) in [4.78, 5) is 38.0. The summed E-state index contributed by atoms with van der Waals surface area (Å²) in [6.07, 6.45) is 50.8. The fourth-order valence-electron chi connectivity index (χ4n) is 8.22. The molecule has 0 amide bonds. The molecule has 1 atom stereocenters. The lowest BCUT2D eigenvalue weighted by Gasteiger charge is -2.18. The van der Waals surface area contributed by atoms with Crippen LogP contribution in [0.3, 0.4) is 0 Å². The van der Waals surface area contributed by atoms with Crippen LogP contribution < -0.4 is 0 Å². The maximum absolute atomic E-state index is 12.8. The van der Waals surface area contributed by atoms with Crippen molar-refractivity contribution in [1.29, 1.82) is 0 Å². The standard InChI is InChI=1S/C54H104O6/c1-5-7-9-11-13-15-17-19-21-23-25-30-34-38-42-46-53(56)59-49-51(60-54(57)47-43-39-35-31-27-26-28-32-36-40-44-50(3)4)48-58-52(55)45-41-37-33-29-24-22-20-18-16-14-12-10-8-6-2/h50-51H,5-49H2,1-4H3/t51-/m0/s1. The van der Waals surface area contributed by atoms with Crippen LogP contribution >= 0.6 is 0 Å². The topological polar surface area (TPSA) is 78.9 Å². The quantitative estimate of drug-likeness (QED) is 0.0345. The molecule has 0 aliphatic rings. The Hall–Kier alpha value is -1.59. The predicted octanol–water partition coefficient (Wildman–Crippen LogP) is 17.5. The summed E-state index contributed by atoms with van der Waals surface area (Å²) in [6.45, 7) is 9.03. The Kier molecular flexibility index (Phi) is 47.2. The third kappa shape index (κ3) is 47.5. The van der Waals surface area contributed by atoms with Crippen molar-refractivity contribution in [1.82, 2.24) is 0 Å². The lowest BCUT2D eigenvalue weighted by molar-refractivity contribution is -0.167. The van der Waals surface area contributed by atoms with Gasteiger partial charge in [0.15, 0.2) is 6.10 Å². The van der Waals surface area contributed by atoms with Crippen molar-refractivity contribution in [3.8, 4) is 0 Å². The first kappa shape index (κ1) is 58.4. The highest BCUT2D eigenvalue weighted by Crippen LogP contribution is 2.17. The number of unbranched alkanes of at least 4 members (excludes halogenated alkanes) is 36. The van der Waals surface area contributed by atoms with E-state index in [2.05, 4.69) is 27.7 Å². The molecule has 0 aromatic heterocycles. The molecule has 0 bridgehead atoms. The summed E-state index contributed by atoms with van der Waals surface area (Å²) in [7, 11) is 0. The van der Waals surface area contributed by atoms with Gasteiger partial charge >= 0.3 is 17.9 Å². The third-order valence-electron chi connectivity index (χ3n) is 12.3. The maximum atomic E-state index is 12.8. The largest absolute Gasteiger partial charge is 0.462 e. The second-order valence-electron chi connectivity index (χ2n) is 19.0. The van der Waals surface area contributed by atoms with Crippen molar-refractivity contribution in [3.05, 3.63) is 0 Å². The van der Waals surface area contributed by atoms with Gasteiger partial charge in [-0.3, -0.25) is 14.4 Å². The second-order valence-corrected chi connectivity index (χ2v) is 19.0. The van der Waals surface area contributed by atoms with Gasteiger partial charge < -0.3 is 14.2 Å². The van der Waals surface area contributed by atoms with Crippen LogP contribution in [0.4, 0.5) is 0 Å². The van der Waals surface area contributed by atoms with Crippen molar-refractivity contribution in [2.75, 3.05) is 13.2 Å². The molecule has 0 aliphatic carbocycles. The number of ether oxygens (including phenoxy) is 3. The molecule has 6 heteroatoms. The van der Waals surface area contributed by atoms with Crippen molar-refractivity contribution in [2.45, 2.75) is 310 Å². The molecule has 356 valence electrons. The first-order valence-corrected chi connectivity index (χ1v) is 26.9. The van der Waals surface area contributed by atoms with Crippen molar-refractivity contribution in [2.24, 2.45) is 5.92 Å². The van der Waals surface area contributed by atoms with Gasteiger partial charge in [-0.15, -0.1) is 0 Å². The predicted molar refractivity (Wildman–Crippen MR) is 257 cm³/mol. The first-order valence-electron chi connectivity index (χ1n) is 26.9. The molecular formula is C54H104O6. The fraction of sp³-hybridized carbons (Fsp3) is 0.944. The zero-order valence-corrected chi connectivity index (χ0v) is 40.9. The summed E-state index contributed by atoms with van der Waals surface area (Å²) in [5.74, 6) is -0.0252. The molecule has 0 unspecified atom stereocenters. The first-order chi connectivity index (χ1) is 29.4. The Bertz CT molecular complexity index is 903. The van der Waals surface area contributed by atoms with E-state index in [1.54, 1.807) is 0 Å². The van der Waals surface area contributed by atoms with Gasteiger partial charge in [-0.05, 0) is 25.2 Å². The molecule has 0 saturated heterocycles. The molecule has 0 fully saturated rings. The molecule has 0 saturated carbocycles. The Morgan fingerprint density at radius 3 is 0.817 bits per heavy atom. The van der Waals surface area contributed by atoms with E-state index in [1.165, 1.54) is 199 Å². The van der Waals surface area contributed by atoms with Crippen LogP contribution in [0.25, 0.3) is 0 Å². The molecule has 0 aliphatic heterocycles. The number of hydrogen-bond acceptors (Lipinski definition) is 6. The number of carbonyl (C=O) groups excluding carboxylic acids is 3. The summed E-state index contributed by atoms with van der Waals surface area (Å²) in [6, 6.07) is 0. The minimum atomic E-state index is -0.761. The van der Waals surface area contributed by atoms with Gasteiger partial charge in [-0.1, -0.05) is 265 Å². The average Bonchev–Trinajstić information content (AvgIpc) is 3.23. The summed E-state index contributed by atoms with van der Waals surface area (Å²) >= 11 is 0. The lowest BCUT2D eigenvalue weighted by atomic mass is 10.0. The molecule has 0 N–H and O–H groups in total. The van der Waals surface area contributed by atoms with E-state index in [-0.39, 0.29) is 31.1 Å². The molecule has 0 heterocycles. The number of esters is 3. The van der Waals surface area contributed by atoms with Gasteiger partial charge in [-0.2, -0.15) is 0 Å².